The quantitative estimate of drug-likeness (QED) is 0.218. The summed E-state index contributed by atoms with van der Waals surface area (Å²) in [7, 11) is 0. The molecule has 2 aliphatic rings. The summed E-state index contributed by atoms with van der Waals surface area (Å²) in [6, 6.07) is 9.54. The van der Waals surface area contributed by atoms with Crippen molar-refractivity contribution in [3.63, 3.8) is 0 Å². The number of carbonyl (C=O) groups excluding carboxylic acids is 2. The Morgan fingerprint density at radius 1 is 1.12 bits per heavy atom. The van der Waals surface area contributed by atoms with Crippen molar-refractivity contribution in [3.8, 4) is 0 Å². The first-order valence-corrected chi connectivity index (χ1v) is 11.0. The van der Waals surface area contributed by atoms with Crippen LogP contribution in [0.25, 0.3) is 5.76 Å². The number of ketones is 1. The summed E-state index contributed by atoms with van der Waals surface area (Å²) in [4.78, 5) is 40.3. The molecule has 0 saturated carbocycles. The van der Waals surface area contributed by atoms with E-state index in [-0.39, 0.29) is 23.4 Å². The molecule has 178 valence electrons. The number of benzene rings is 2. The number of nitro groups is 1. The monoisotopic (exact) mass is 469 g/mol. The van der Waals surface area contributed by atoms with Crippen LogP contribution in [0.4, 0.5) is 10.1 Å². The van der Waals surface area contributed by atoms with E-state index in [1.807, 2.05) is 0 Å². The summed E-state index contributed by atoms with van der Waals surface area (Å²) in [6.45, 7) is 3.72. The maximum atomic E-state index is 13.4. The zero-order chi connectivity index (χ0) is 24.2. The molecule has 2 aromatic rings. The average Bonchev–Trinajstić information content (AvgIpc) is 3.10. The van der Waals surface area contributed by atoms with E-state index in [1.54, 1.807) is 6.07 Å². The van der Waals surface area contributed by atoms with E-state index in [1.165, 1.54) is 35.2 Å². The summed E-state index contributed by atoms with van der Waals surface area (Å²) in [6.07, 6.45) is 0.565. The Hall–Kier alpha value is -3.63. The molecule has 2 heterocycles. The minimum absolute atomic E-state index is 0.170. The lowest BCUT2D eigenvalue weighted by Gasteiger charge is -2.29. The van der Waals surface area contributed by atoms with Gasteiger partial charge in [-0.25, -0.2) is 4.39 Å². The van der Waals surface area contributed by atoms with Gasteiger partial charge in [0.2, 0.25) is 0 Å². The molecule has 0 aromatic heterocycles. The molecular formula is C24H24FN3O6. The molecule has 1 atom stereocenters. The van der Waals surface area contributed by atoms with Gasteiger partial charge in [-0.15, -0.1) is 0 Å². The molecule has 10 heteroatoms. The van der Waals surface area contributed by atoms with Gasteiger partial charge in [0.25, 0.3) is 17.4 Å². The smallest absolute Gasteiger partial charge is 0.295 e. The van der Waals surface area contributed by atoms with Crippen LogP contribution in [0.5, 0.6) is 0 Å². The molecule has 2 saturated heterocycles. The van der Waals surface area contributed by atoms with Crippen LogP contribution in [0.2, 0.25) is 0 Å². The maximum Gasteiger partial charge on any atom is 0.295 e. The van der Waals surface area contributed by atoms with E-state index in [2.05, 4.69) is 4.90 Å². The van der Waals surface area contributed by atoms with Crippen LogP contribution < -0.4 is 0 Å². The summed E-state index contributed by atoms with van der Waals surface area (Å²) < 4.78 is 18.7. The number of likely N-dealkylation sites (tertiary alicyclic amines) is 1. The van der Waals surface area contributed by atoms with Gasteiger partial charge in [-0.1, -0.05) is 12.1 Å². The summed E-state index contributed by atoms with van der Waals surface area (Å²) in [5.41, 5.74) is 0.133. The molecule has 0 bridgehead atoms. The fourth-order valence-corrected chi connectivity index (χ4v) is 4.32. The third kappa shape index (κ3) is 4.82. The van der Waals surface area contributed by atoms with Crippen molar-refractivity contribution < 1.29 is 28.7 Å². The first-order chi connectivity index (χ1) is 16.4. The first-order valence-electron chi connectivity index (χ1n) is 11.0. The summed E-state index contributed by atoms with van der Waals surface area (Å²) in [5.74, 6) is -2.65. The van der Waals surface area contributed by atoms with Crippen LogP contribution in [0.15, 0.2) is 54.1 Å². The van der Waals surface area contributed by atoms with E-state index >= 15 is 0 Å². The normalized spacial score (nSPS) is 20.6. The predicted octanol–water partition coefficient (Wildman–Crippen LogP) is 2.88. The third-order valence-electron chi connectivity index (χ3n) is 6.03. The molecule has 0 radical (unpaired) electrons. The highest BCUT2D eigenvalue weighted by Gasteiger charge is 2.46. The van der Waals surface area contributed by atoms with E-state index in [0.29, 0.717) is 31.7 Å². The van der Waals surface area contributed by atoms with Crippen molar-refractivity contribution >= 4 is 23.1 Å². The van der Waals surface area contributed by atoms with Crippen LogP contribution in [-0.2, 0) is 14.3 Å². The van der Waals surface area contributed by atoms with Gasteiger partial charge in [-0.2, -0.15) is 0 Å². The van der Waals surface area contributed by atoms with E-state index < -0.39 is 34.2 Å². The third-order valence-corrected chi connectivity index (χ3v) is 6.03. The number of nitro benzene ring substituents is 1. The Balaban J connectivity index is 1.70. The fourth-order valence-electron chi connectivity index (χ4n) is 4.32. The Labute approximate surface area is 195 Å². The van der Waals surface area contributed by atoms with Crippen molar-refractivity contribution in [2.45, 2.75) is 12.5 Å². The Bertz CT molecular complexity index is 1130. The largest absolute Gasteiger partial charge is 0.507 e. The number of amides is 1. The maximum absolute atomic E-state index is 13.4. The molecule has 1 amide bonds. The van der Waals surface area contributed by atoms with Crippen LogP contribution in [0, 0.1) is 15.9 Å². The number of nitrogens with zero attached hydrogens (tertiary/aromatic N) is 3. The van der Waals surface area contributed by atoms with Crippen LogP contribution in [0.3, 0.4) is 0 Å². The van der Waals surface area contributed by atoms with Crippen molar-refractivity contribution in [1.82, 2.24) is 9.80 Å². The second kappa shape index (κ2) is 10.1. The number of halogens is 1. The molecule has 0 spiro atoms. The van der Waals surface area contributed by atoms with Gasteiger partial charge in [0.1, 0.15) is 11.6 Å². The predicted molar refractivity (Wildman–Crippen MR) is 120 cm³/mol. The molecule has 9 nitrogen and oxygen atoms in total. The molecule has 34 heavy (non-hydrogen) atoms. The number of hydrogen-bond donors (Lipinski definition) is 1. The molecule has 0 aliphatic carbocycles. The molecular weight excluding hydrogens is 445 g/mol. The van der Waals surface area contributed by atoms with Crippen molar-refractivity contribution in [2.24, 2.45) is 0 Å². The van der Waals surface area contributed by atoms with E-state index in [9.17, 15) is 29.2 Å². The Kier molecular flexibility index (Phi) is 6.99. The van der Waals surface area contributed by atoms with Gasteiger partial charge < -0.3 is 14.7 Å². The molecule has 2 fully saturated rings. The van der Waals surface area contributed by atoms with Crippen LogP contribution in [0.1, 0.15) is 23.6 Å². The number of carbonyl (C=O) groups is 2. The highest BCUT2D eigenvalue weighted by atomic mass is 19.1. The average molecular weight is 469 g/mol. The number of hydrogen-bond acceptors (Lipinski definition) is 7. The van der Waals surface area contributed by atoms with E-state index in [4.69, 9.17) is 4.74 Å². The van der Waals surface area contributed by atoms with Crippen molar-refractivity contribution in [2.75, 3.05) is 39.4 Å². The summed E-state index contributed by atoms with van der Waals surface area (Å²) in [5, 5.41) is 22.3. The van der Waals surface area contributed by atoms with E-state index in [0.717, 1.165) is 25.2 Å². The lowest BCUT2D eigenvalue weighted by atomic mass is 9.95. The molecule has 2 aliphatic heterocycles. The zero-order valence-corrected chi connectivity index (χ0v) is 18.4. The van der Waals surface area contributed by atoms with Gasteiger partial charge in [-0.3, -0.25) is 24.6 Å². The van der Waals surface area contributed by atoms with Gasteiger partial charge in [0.15, 0.2) is 0 Å². The molecule has 0 unspecified atom stereocenters. The number of non-ortho nitro benzene ring substituents is 1. The van der Waals surface area contributed by atoms with Crippen LogP contribution in [-0.4, -0.2) is 70.9 Å². The zero-order valence-electron chi connectivity index (χ0n) is 18.4. The van der Waals surface area contributed by atoms with Crippen molar-refractivity contribution in [3.05, 3.63) is 81.2 Å². The van der Waals surface area contributed by atoms with Gasteiger partial charge in [-0.05, 0) is 36.2 Å². The lowest BCUT2D eigenvalue weighted by molar-refractivity contribution is -0.384. The van der Waals surface area contributed by atoms with Gasteiger partial charge in [0.05, 0.1) is 29.8 Å². The second-order valence-electron chi connectivity index (χ2n) is 8.16. The minimum atomic E-state index is -1.00. The number of aliphatic hydroxyl groups excluding tert-OH is 1. The highest BCUT2D eigenvalue weighted by molar-refractivity contribution is 6.46. The molecule has 2 aromatic carbocycles. The first kappa shape index (κ1) is 23.5. The number of aliphatic hydroxyl groups is 1. The highest BCUT2D eigenvalue weighted by Crippen LogP contribution is 2.40. The fraction of sp³-hybridized carbons (Fsp3) is 0.333. The standard InChI is InChI=1S/C24H24FN3O6/c25-18-7-5-16(6-8-18)22(29)20-21(17-3-1-4-19(15-17)28(32)33)27(24(31)23(20)30)10-2-9-26-11-13-34-14-12-26/h1,3-8,15,21,29H,2,9-14H2/t21-/m0/s1. The van der Waals surface area contributed by atoms with Crippen molar-refractivity contribution in [1.29, 1.82) is 0 Å². The molecule has 1 N–H and O–H groups in total. The molecule has 4 rings (SSSR count). The minimum Gasteiger partial charge on any atom is -0.507 e. The lowest BCUT2D eigenvalue weighted by Crippen LogP contribution is -2.39. The second-order valence-corrected chi connectivity index (χ2v) is 8.16. The van der Waals surface area contributed by atoms with Gasteiger partial charge >= 0.3 is 0 Å². The number of rotatable bonds is 7. The number of Topliss-reactive ketones (excluding diaryl/α,β-unsaturated/α-hetero) is 1. The Morgan fingerprint density at radius 2 is 1.82 bits per heavy atom. The Morgan fingerprint density at radius 3 is 2.50 bits per heavy atom. The van der Waals surface area contributed by atoms with Gasteiger partial charge in [0, 0.05) is 43.9 Å². The SMILES string of the molecule is O=C1C(=O)N(CCCN2CCOCC2)[C@@H](c2cccc([N+](=O)[O-])c2)C1=C(O)c1ccc(F)cc1. The number of ether oxygens (including phenoxy) is 1. The summed E-state index contributed by atoms with van der Waals surface area (Å²) >= 11 is 0. The topological polar surface area (TPSA) is 113 Å². The number of morpholine rings is 1. The van der Waals surface area contributed by atoms with Crippen LogP contribution >= 0.6 is 0 Å².